The van der Waals surface area contributed by atoms with Crippen LogP contribution in [0.25, 0.3) is 0 Å². The lowest BCUT2D eigenvalue weighted by Gasteiger charge is -2.33. The van der Waals surface area contributed by atoms with Gasteiger partial charge in [0.05, 0.1) is 37.4 Å². The predicted octanol–water partition coefficient (Wildman–Crippen LogP) is 4.70. The third kappa shape index (κ3) is 5.75. The third-order valence-corrected chi connectivity index (χ3v) is 13.1. The second-order valence-corrected chi connectivity index (χ2v) is 17.9. The first-order valence-corrected chi connectivity index (χ1v) is 19.7. The minimum Gasteiger partial charge on any atom is -0.432 e. The zero-order chi connectivity index (χ0) is 31.9. The molecule has 0 unspecified atom stereocenters. The largest absolute Gasteiger partial charge is 0.432 e. The van der Waals surface area contributed by atoms with Gasteiger partial charge in [-0.05, 0) is 62.5 Å². The molecule has 3 fully saturated rings. The number of benzene rings is 2. The van der Waals surface area contributed by atoms with Crippen LogP contribution < -0.4 is 9.80 Å². The summed E-state index contributed by atoms with van der Waals surface area (Å²) in [4.78, 5) is 58.2. The molecule has 1 spiro atoms. The molecule has 5 atom stereocenters. The van der Waals surface area contributed by atoms with Gasteiger partial charge in [-0.25, -0.2) is 0 Å². The van der Waals surface area contributed by atoms with E-state index in [-0.39, 0.29) is 48.3 Å². The van der Waals surface area contributed by atoms with Gasteiger partial charge in [-0.3, -0.25) is 14.4 Å². The van der Waals surface area contributed by atoms with Gasteiger partial charge in [0.2, 0.25) is 11.8 Å². The normalized spacial score (nSPS) is 29.0. The van der Waals surface area contributed by atoms with E-state index in [1.54, 1.807) is 9.80 Å². The highest BCUT2D eigenvalue weighted by atomic mass is 28.4. The summed E-state index contributed by atoms with van der Waals surface area (Å²) >= 11 is 0. The van der Waals surface area contributed by atoms with E-state index in [0.717, 1.165) is 61.0 Å². The van der Waals surface area contributed by atoms with Crippen LogP contribution >= 0.6 is 0 Å². The molecule has 0 aromatic heterocycles. The van der Waals surface area contributed by atoms with E-state index < -0.39 is 20.0 Å². The number of para-hydroxylation sites is 1. The Morgan fingerprint density at radius 2 is 1.80 bits per heavy atom. The molecule has 0 bridgehead atoms. The van der Waals surface area contributed by atoms with E-state index in [0.29, 0.717) is 26.1 Å². The second kappa shape index (κ2) is 12.6. The number of carbonyl (C=O) groups excluding carboxylic acids is 3. The molecular weight excluding hydrogens is 586 g/mol. The summed E-state index contributed by atoms with van der Waals surface area (Å²) in [6.45, 7) is 7.24. The van der Waals surface area contributed by atoms with Gasteiger partial charge in [0.25, 0.3) is 5.91 Å². The van der Waals surface area contributed by atoms with E-state index in [4.69, 9.17) is 4.74 Å². The number of carbonyl (C=O) groups is 3. The van der Waals surface area contributed by atoms with Crippen molar-refractivity contribution in [3.8, 4) is 0 Å². The van der Waals surface area contributed by atoms with Crippen LogP contribution in [0.5, 0.6) is 0 Å². The molecule has 3 saturated heterocycles. The van der Waals surface area contributed by atoms with Crippen molar-refractivity contribution in [3.63, 3.8) is 0 Å². The van der Waals surface area contributed by atoms with Crippen molar-refractivity contribution >= 4 is 37.4 Å². The molecule has 0 aliphatic carbocycles. The number of nitrogens with zero attached hydrogens (tertiary/aromatic N) is 3. The molecule has 0 saturated carbocycles. The summed E-state index contributed by atoms with van der Waals surface area (Å²) in [5.41, 5.74) is 1.63. The molecule has 2 N–H and O–H groups in total. The van der Waals surface area contributed by atoms with Crippen molar-refractivity contribution in [3.05, 3.63) is 59.7 Å². The number of amides is 3. The van der Waals surface area contributed by atoms with Crippen LogP contribution in [0, 0.1) is 5.92 Å². The van der Waals surface area contributed by atoms with Crippen molar-refractivity contribution < 1.29 is 29.0 Å². The van der Waals surface area contributed by atoms with E-state index in [9.17, 15) is 24.3 Å². The van der Waals surface area contributed by atoms with E-state index >= 15 is 0 Å². The fourth-order valence-electron chi connectivity index (χ4n) is 8.47. The van der Waals surface area contributed by atoms with Crippen molar-refractivity contribution in [2.75, 3.05) is 29.5 Å². The van der Waals surface area contributed by atoms with Gasteiger partial charge in [-0.2, -0.15) is 0 Å². The zero-order valence-corrected chi connectivity index (χ0v) is 27.8. The maximum absolute atomic E-state index is 14.7. The molecular formula is C35H47N3O6Si. The Bertz CT molecular complexity index is 1440. The van der Waals surface area contributed by atoms with Crippen LogP contribution in [0.2, 0.25) is 18.6 Å². The number of rotatable bonds is 7. The Kier molecular flexibility index (Phi) is 8.95. The summed E-state index contributed by atoms with van der Waals surface area (Å²) in [5, 5.41) is 9.83. The minimum atomic E-state index is -2.92. The molecule has 4 heterocycles. The highest BCUT2D eigenvalue weighted by Gasteiger charge is 2.66. The van der Waals surface area contributed by atoms with Crippen LogP contribution in [0.3, 0.4) is 0 Å². The van der Waals surface area contributed by atoms with Gasteiger partial charge in [0, 0.05) is 42.2 Å². The molecule has 6 rings (SSSR count). The molecule has 4 aliphatic rings. The number of ether oxygens (including phenoxy) is 1. The Morgan fingerprint density at radius 1 is 1.02 bits per heavy atom. The topological polar surface area (TPSA) is 111 Å². The Morgan fingerprint density at radius 3 is 2.58 bits per heavy atom. The third-order valence-electron chi connectivity index (χ3n) is 10.6. The summed E-state index contributed by atoms with van der Waals surface area (Å²) in [6.07, 6.45) is 5.69. The molecule has 2 aromatic rings. The van der Waals surface area contributed by atoms with Crippen LogP contribution in [-0.2, 0) is 31.3 Å². The van der Waals surface area contributed by atoms with Gasteiger partial charge in [-0.1, -0.05) is 50.1 Å². The number of anilines is 2. The summed E-state index contributed by atoms with van der Waals surface area (Å²) in [7, 11) is -2.92. The molecule has 242 valence electrons. The fraction of sp³-hybridized carbons (Fsp3) is 0.571. The van der Waals surface area contributed by atoms with Crippen LogP contribution in [0.4, 0.5) is 11.4 Å². The number of hydrogen-bond donors (Lipinski definition) is 2. The van der Waals surface area contributed by atoms with E-state index in [2.05, 4.69) is 0 Å². The minimum absolute atomic E-state index is 0.0611. The lowest BCUT2D eigenvalue weighted by Crippen LogP contribution is -2.46. The van der Waals surface area contributed by atoms with Gasteiger partial charge >= 0.3 is 0 Å². The number of likely N-dealkylation sites (tertiary alicyclic amines) is 1. The van der Waals surface area contributed by atoms with Crippen LogP contribution in [0.1, 0.15) is 69.4 Å². The first-order valence-electron chi connectivity index (χ1n) is 16.7. The van der Waals surface area contributed by atoms with Crippen LogP contribution in [-0.4, -0.2) is 72.7 Å². The summed E-state index contributed by atoms with van der Waals surface area (Å²) < 4.78 is 6.85. The molecule has 9 nitrogen and oxygen atoms in total. The van der Waals surface area contributed by atoms with Gasteiger partial charge in [-0.15, -0.1) is 0 Å². The molecule has 2 aromatic carbocycles. The number of fused-ring (bicyclic) bond motifs is 2. The Labute approximate surface area is 267 Å². The average Bonchev–Trinajstić information content (AvgIpc) is 3.66. The molecule has 3 amide bonds. The maximum atomic E-state index is 14.7. The standard InChI is InChI=1S/C35H47N3O6Si/c1-24-33(45(2,3)43)30(21-32(41)37-19-11-14-27(37)23-39)44-35(24)28-15-7-8-16-29(28)38(34(35)42)22-25-12-10-13-26(20-25)36-18-9-5-4-6-17-31(36)40/h7-8,10,12-13,15-16,20,24,27,30,33,39,43H,4-6,9,11,14,17-19,21-23H2,1-3H3/t24-,27-,30+,33-,35+/m0/s1. The van der Waals surface area contributed by atoms with E-state index in [1.807, 2.05) is 73.4 Å². The lowest BCUT2D eigenvalue weighted by molar-refractivity contribution is -0.150. The number of aliphatic hydroxyl groups is 1. The van der Waals surface area contributed by atoms with Crippen LogP contribution in [0.15, 0.2) is 48.5 Å². The number of aliphatic hydroxyl groups excluding tert-OH is 1. The Balaban J connectivity index is 1.31. The first kappa shape index (κ1) is 31.9. The van der Waals surface area contributed by atoms with Crippen molar-refractivity contribution in [1.29, 1.82) is 0 Å². The highest BCUT2D eigenvalue weighted by molar-refractivity contribution is 6.71. The summed E-state index contributed by atoms with van der Waals surface area (Å²) in [6, 6.07) is 15.4. The average molecular weight is 634 g/mol. The van der Waals surface area contributed by atoms with Crippen molar-refractivity contribution in [2.45, 2.75) is 101 Å². The van der Waals surface area contributed by atoms with E-state index in [1.165, 1.54) is 0 Å². The quantitative estimate of drug-likeness (QED) is 0.428. The first-order chi connectivity index (χ1) is 21.6. The van der Waals surface area contributed by atoms with Crippen molar-refractivity contribution in [1.82, 2.24) is 4.90 Å². The molecule has 45 heavy (non-hydrogen) atoms. The monoisotopic (exact) mass is 633 g/mol. The van der Waals surface area contributed by atoms with Crippen molar-refractivity contribution in [2.24, 2.45) is 5.92 Å². The van der Waals surface area contributed by atoms with Gasteiger partial charge < -0.3 is 29.3 Å². The smallest absolute Gasteiger partial charge is 0.264 e. The fourth-order valence-corrected chi connectivity index (χ4v) is 11.0. The summed E-state index contributed by atoms with van der Waals surface area (Å²) in [5.74, 6) is -0.507. The lowest BCUT2D eigenvalue weighted by atomic mass is 9.82. The second-order valence-electron chi connectivity index (χ2n) is 13.9. The zero-order valence-electron chi connectivity index (χ0n) is 26.8. The molecule has 0 radical (unpaired) electrons. The Hall–Kier alpha value is -3.05. The molecule has 10 heteroatoms. The SMILES string of the molecule is C[C@H]1[C@H]([Si](C)(C)O)[C@@H](CC(=O)N2CCC[C@H]2CO)O[C@]12C(=O)N(Cc1cccc(N3CCCCCCC3=O)c1)c1ccccc12. The predicted molar refractivity (Wildman–Crippen MR) is 175 cm³/mol. The van der Waals surface area contributed by atoms with Gasteiger partial charge in [0.1, 0.15) is 0 Å². The number of hydrogen-bond acceptors (Lipinski definition) is 6. The highest BCUT2D eigenvalue weighted by Crippen LogP contribution is 2.59. The maximum Gasteiger partial charge on any atom is 0.264 e. The van der Waals surface area contributed by atoms with Gasteiger partial charge in [0.15, 0.2) is 13.9 Å². The molecule has 4 aliphatic heterocycles.